The number of carbonyl (C=O) groups excluding carboxylic acids is 1. The quantitative estimate of drug-likeness (QED) is 0.802. The molecule has 1 amide bonds. The molecule has 3 N–H and O–H groups in total. The van der Waals surface area contributed by atoms with Crippen LogP contribution in [0, 0.1) is 6.92 Å². The first-order valence-electron chi connectivity index (χ1n) is 6.26. The zero-order valence-corrected chi connectivity index (χ0v) is 11.3. The fourth-order valence-corrected chi connectivity index (χ4v) is 1.67. The monoisotopic (exact) mass is 250 g/mol. The molecule has 0 aliphatic heterocycles. The van der Waals surface area contributed by atoms with Gasteiger partial charge in [0.25, 0.3) is 0 Å². The van der Waals surface area contributed by atoms with Crippen LogP contribution in [0.2, 0.25) is 0 Å². The van der Waals surface area contributed by atoms with E-state index in [0.29, 0.717) is 19.5 Å². The lowest BCUT2D eigenvalue weighted by Gasteiger charge is -2.13. The molecule has 18 heavy (non-hydrogen) atoms. The number of aryl methyl sites for hydroxylation is 1. The molecule has 0 heterocycles. The average molecular weight is 250 g/mol. The highest BCUT2D eigenvalue weighted by Crippen LogP contribution is 2.20. The molecule has 4 nitrogen and oxygen atoms in total. The van der Waals surface area contributed by atoms with E-state index in [-0.39, 0.29) is 12.0 Å². The van der Waals surface area contributed by atoms with E-state index in [4.69, 9.17) is 10.5 Å². The molecule has 0 bridgehead atoms. The fraction of sp³-hybridized carbons (Fsp3) is 0.500. The number of hydrogen-bond donors (Lipinski definition) is 2. The van der Waals surface area contributed by atoms with Crippen molar-refractivity contribution in [1.29, 1.82) is 0 Å². The van der Waals surface area contributed by atoms with Gasteiger partial charge in [0.1, 0.15) is 5.75 Å². The third-order valence-corrected chi connectivity index (χ3v) is 2.43. The largest absolute Gasteiger partial charge is 0.491 e. The zero-order valence-electron chi connectivity index (χ0n) is 11.3. The Morgan fingerprint density at radius 3 is 2.72 bits per heavy atom. The van der Waals surface area contributed by atoms with Crippen LogP contribution in [0.3, 0.4) is 0 Å². The Balaban J connectivity index is 2.63. The average Bonchev–Trinajstić information content (AvgIpc) is 2.29. The van der Waals surface area contributed by atoms with Gasteiger partial charge in [-0.05, 0) is 38.0 Å². The molecule has 0 aliphatic carbocycles. The van der Waals surface area contributed by atoms with Crippen molar-refractivity contribution >= 4 is 5.91 Å². The summed E-state index contributed by atoms with van der Waals surface area (Å²) in [6.07, 6.45) is 0.533. The Labute approximate surface area is 109 Å². The second kappa shape index (κ2) is 7.01. The van der Waals surface area contributed by atoms with Crippen LogP contribution < -0.4 is 15.8 Å². The molecule has 0 saturated carbocycles. The van der Waals surface area contributed by atoms with E-state index < -0.39 is 0 Å². The summed E-state index contributed by atoms with van der Waals surface area (Å²) in [6, 6.07) is 5.83. The summed E-state index contributed by atoms with van der Waals surface area (Å²) in [5.41, 5.74) is 7.36. The Bertz CT molecular complexity index is 403. The predicted octanol–water partition coefficient (Wildman–Crippen LogP) is 1.40. The molecule has 0 atom stereocenters. The van der Waals surface area contributed by atoms with Crippen molar-refractivity contribution in [1.82, 2.24) is 5.32 Å². The summed E-state index contributed by atoms with van der Waals surface area (Å²) in [5, 5.41) is 2.75. The third-order valence-electron chi connectivity index (χ3n) is 2.43. The van der Waals surface area contributed by atoms with Crippen LogP contribution in [0.1, 0.15) is 25.0 Å². The fourth-order valence-electron chi connectivity index (χ4n) is 1.67. The number of carbonyl (C=O) groups is 1. The molecular weight excluding hydrogens is 228 g/mol. The highest BCUT2D eigenvalue weighted by Gasteiger charge is 2.06. The van der Waals surface area contributed by atoms with E-state index >= 15 is 0 Å². The van der Waals surface area contributed by atoms with Gasteiger partial charge in [0.05, 0.1) is 12.5 Å². The van der Waals surface area contributed by atoms with Crippen molar-refractivity contribution in [3.8, 4) is 5.75 Å². The van der Waals surface area contributed by atoms with Crippen LogP contribution in [0.15, 0.2) is 18.2 Å². The van der Waals surface area contributed by atoms with Crippen molar-refractivity contribution in [3.63, 3.8) is 0 Å². The number of nitrogens with two attached hydrogens (primary N) is 1. The number of ether oxygens (including phenoxy) is 1. The second-order valence-corrected chi connectivity index (χ2v) is 4.58. The van der Waals surface area contributed by atoms with Crippen LogP contribution >= 0.6 is 0 Å². The summed E-state index contributed by atoms with van der Waals surface area (Å²) in [5.74, 6) is 0.869. The number of rotatable bonds is 6. The number of benzene rings is 1. The first-order chi connectivity index (χ1) is 8.52. The maximum Gasteiger partial charge on any atom is 0.224 e. The highest BCUT2D eigenvalue weighted by molar-refractivity contribution is 5.78. The van der Waals surface area contributed by atoms with Gasteiger partial charge in [0, 0.05) is 13.1 Å². The molecule has 1 aromatic rings. The standard InChI is InChI=1S/C14H22N2O2/c1-10(2)18-13-5-4-12(8-11(13)3)9-14(17)16-7-6-15/h4-5,8,10H,6-7,9,15H2,1-3H3,(H,16,17). The SMILES string of the molecule is Cc1cc(CC(=O)NCCN)ccc1OC(C)C. The lowest BCUT2D eigenvalue weighted by Crippen LogP contribution is -2.30. The smallest absolute Gasteiger partial charge is 0.224 e. The first kappa shape index (κ1) is 14.5. The minimum Gasteiger partial charge on any atom is -0.491 e. The molecule has 1 aromatic carbocycles. The van der Waals surface area contributed by atoms with E-state index in [9.17, 15) is 4.79 Å². The van der Waals surface area contributed by atoms with Crippen LogP contribution in [0.25, 0.3) is 0 Å². The van der Waals surface area contributed by atoms with E-state index in [1.165, 1.54) is 0 Å². The zero-order chi connectivity index (χ0) is 13.5. The van der Waals surface area contributed by atoms with Gasteiger partial charge in [-0.15, -0.1) is 0 Å². The van der Waals surface area contributed by atoms with Gasteiger partial charge in [0.2, 0.25) is 5.91 Å². The first-order valence-corrected chi connectivity index (χ1v) is 6.26. The van der Waals surface area contributed by atoms with Crippen molar-refractivity contribution in [2.45, 2.75) is 33.3 Å². The minimum absolute atomic E-state index is 0.00243. The normalized spacial score (nSPS) is 10.5. The molecule has 0 fully saturated rings. The van der Waals surface area contributed by atoms with Gasteiger partial charge in [-0.3, -0.25) is 4.79 Å². The van der Waals surface area contributed by atoms with Crippen molar-refractivity contribution in [2.75, 3.05) is 13.1 Å². The predicted molar refractivity (Wildman–Crippen MR) is 72.7 cm³/mol. The lowest BCUT2D eigenvalue weighted by molar-refractivity contribution is -0.120. The minimum atomic E-state index is -0.00243. The van der Waals surface area contributed by atoms with Crippen molar-refractivity contribution in [3.05, 3.63) is 29.3 Å². The second-order valence-electron chi connectivity index (χ2n) is 4.58. The Kier molecular flexibility index (Phi) is 5.65. The van der Waals surface area contributed by atoms with E-state index in [2.05, 4.69) is 5.32 Å². The van der Waals surface area contributed by atoms with Gasteiger partial charge in [-0.1, -0.05) is 12.1 Å². The molecular formula is C14H22N2O2. The molecule has 0 radical (unpaired) electrons. The van der Waals surface area contributed by atoms with E-state index in [1.54, 1.807) is 0 Å². The van der Waals surface area contributed by atoms with Gasteiger partial charge < -0.3 is 15.8 Å². The number of nitrogens with one attached hydrogen (secondary N) is 1. The summed E-state index contributed by atoms with van der Waals surface area (Å²) in [4.78, 5) is 11.5. The highest BCUT2D eigenvalue weighted by atomic mass is 16.5. The van der Waals surface area contributed by atoms with Crippen molar-refractivity contribution in [2.24, 2.45) is 5.73 Å². The van der Waals surface area contributed by atoms with E-state index in [0.717, 1.165) is 16.9 Å². The molecule has 0 saturated heterocycles. The van der Waals surface area contributed by atoms with Crippen LogP contribution in [0.5, 0.6) is 5.75 Å². The molecule has 0 unspecified atom stereocenters. The van der Waals surface area contributed by atoms with Crippen molar-refractivity contribution < 1.29 is 9.53 Å². The van der Waals surface area contributed by atoms with Gasteiger partial charge in [-0.25, -0.2) is 0 Å². The summed E-state index contributed by atoms with van der Waals surface area (Å²) in [6.45, 7) is 6.96. The lowest BCUT2D eigenvalue weighted by atomic mass is 10.1. The Morgan fingerprint density at radius 1 is 1.44 bits per heavy atom. The maximum absolute atomic E-state index is 11.5. The number of hydrogen-bond acceptors (Lipinski definition) is 3. The van der Waals surface area contributed by atoms with E-state index in [1.807, 2.05) is 39.0 Å². The molecule has 1 rings (SSSR count). The van der Waals surface area contributed by atoms with Gasteiger partial charge >= 0.3 is 0 Å². The molecule has 0 aliphatic rings. The van der Waals surface area contributed by atoms with Gasteiger partial charge in [-0.2, -0.15) is 0 Å². The molecule has 0 aromatic heterocycles. The van der Waals surface area contributed by atoms with Gasteiger partial charge in [0.15, 0.2) is 0 Å². The maximum atomic E-state index is 11.5. The summed E-state index contributed by atoms with van der Waals surface area (Å²) < 4.78 is 5.65. The molecule has 4 heteroatoms. The number of amides is 1. The Hall–Kier alpha value is -1.55. The third kappa shape index (κ3) is 4.75. The Morgan fingerprint density at radius 2 is 2.17 bits per heavy atom. The summed E-state index contributed by atoms with van der Waals surface area (Å²) >= 11 is 0. The topological polar surface area (TPSA) is 64.4 Å². The van der Waals surface area contributed by atoms with Crippen LogP contribution in [-0.2, 0) is 11.2 Å². The molecule has 100 valence electrons. The molecule has 0 spiro atoms. The van der Waals surface area contributed by atoms with Crippen LogP contribution in [0.4, 0.5) is 0 Å². The van der Waals surface area contributed by atoms with Crippen LogP contribution in [-0.4, -0.2) is 25.1 Å². The summed E-state index contributed by atoms with van der Waals surface area (Å²) in [7, 11) is 0.